The SMILES string of the molecule is COc1cc(NCc2ccc(C)o2)c([N+](=O)[O-])cc1OC. The Morgan fingerprint density at radius 2 is 1.90 bits per heavy atom. The maximum absolute atomic E-state index is 11.2. The molecule has 0 spiro atoms. The largest absolute Gasteiger partial charge is 0.493 e. The van der Waals surface area contributed by atoms with Crippen LogP contribution in [0.3, 0.4) is 0 Å². The molecule has 0 amide bonds. The minimum atomic E-state index is -0.475. The molecule has 0 fully saturated rings. The Balaban J connectivity index is 2.29. The van der Waals surface area contributed by atoms with Crippen molar-refractivity contribution in [3.63, 3.8) is 0 Å². The summed E-state index contributed by atoms with van der Waals surface area (Å²) < 4.78 is 15.6. The monoisotopic (exact) mass is 292 g/mol. The number of nitrogens with zero attached hydrogens (tertiary/aromatic N) is 1. The van der Waals surface area contributed by atoms with E-state index in [1.54, 1.807) is 0 Å². The number of benzene rings is 1. The van der Waals surface area contributed by atoms with Crippen molar-refractivity contribution in [3.05, 3.63) is 45.9 Å². The van der Waals surface area contributed by atoms with E-state index in [1.807, 2.05) is 19.1 Å². The third kappa shape index (κ3) is 3.25. The number of rotatable bonds is 6. The molecular weight excluding hydrogens is 276 g/mol. The first kappa shape index (κ1) is 14.7. The number of methoxy groups -OCH3 is 2. The number of hydrogen-bond acceptors (Lipinski definition) is 6. The van der Waals surface area contributed by atoms with E-state index in [1.165, 1.54) is 26.4 Å². The van der Waals surface area contributed by atoms with E-state index < -0.39 is 4.92 Å². The zero-order valence-electron chi connectivity index (χ0n) is 12.0. The molecule has 1 aromatic carbocycles. The van der Waals surface area contributed by atoms with Gasteiger partial charge in [-0.1, -0.05) is 0 Å². The van der Waals surface area contributed by atoms with Gasteiger partial charge in [0, 0.05) is 6.07 Å². The van der Waals surface area contributed by atoms with Crippen LogP contribution in [0.4, 0.5) is 11.4 Å². The lowest BCUT2D eigenvalue weighted by atomic mass is 10.2. The normalized spacial score (nSPS) is 10.2. The van der Waals surface area contributed by atoms with Gasteiger partial charge in [0.1, 0.15) is 17.2 Å². The molecule has 0 aliphatic heterocycles. The van der Waals surface area contributed by atoms with Gasteiger partial charge < -0.3 is 19.2 Å². The van der Waals surface area contributed by atoms with Crippen LogP contribution in [0, 0.1) is 17.0 Å². The molecule has 1 N–H and O–H groups in total. The highest BCUT2D eigenvalue weighted by molar-refractivity contribution is 5.68. The van der Waals surface area contributed by atoms with Crippen molar-refractivity contribution in [2.24, 2.45) is 0 Å². The Morgan fingerprint density at radius 3 is 2.43 bits per heavy atom. The van der Waals surface area contributed by atoms with Gasteiger partial charge in [0.05, 0.1) is 31.8 Å². The van der Waals surface area contributed by atoms with E-state index >= 15 is 0 Å². The number of ether oxygens (including phenoxy) is 2. The molecule has 0 atom stereocenters. The number of anilines is 1. The first-order chi connectivity index (χ1) is 10.0. The van der Waals surface area contributed by atoms with E-state index in [0.717, 1.165) is 5.76 Å². The van der Waals surface area contributed by atoms with Crippen molar-refractivity contribution >= 4 is 11.4 Å². The van der Waals surface area contributed by atoms with Crippen LogP contribution in [0.1, 0.15) is 11.5 Å². The number of furan rings is 1. The van der Waals surface area contributed by atoms with Crippen LogP contribution in [0.15, 0.2) is 28.7 Å². The lowest BCUT2D eigenvalue weighted by molar-refractivity contribution is -0.384. The second-order valence-electron chi connectivity index (χ2n) is 4.35. The van der Waals surface area contributed by atoms with E-state index in [4.69, 9.17) is 13.9 Å². The Hall–Kier alpha value is -2.70. The predicted octanol–water partition coefficient (Wildman–Crippen LogP) is 3.13. The summed E-state index contributed by atoms with van der Waals surface area (Å²) in [5, 5.41) is 14.1. The zero-order chi connectivity index (χ0) is 15.4. The van der Waals surface area contributed by atoms with Gasteiger partial charge in [-0.3, -0.25) is 10.1 Å². The highest BCUT2D eigenvalue weighted by Gasteiger charge is 2.19. The van der Waals surface area contributed by atoms with Gasteiger partial charge in [0.2, 0.25) is 0 Å². The van der Waals surface area contributed by atoms with Gasteiger partial charge >= 0.3 is 0 Å². The lowest BCUT2D eigenvalue weighted by Gasteiger charge is -2.11. The average molecular weight is 292 g/mol. The maximum Gasteiger partial charge on any atom is 0.296 e. The van der Waals surface area contributed by atoms with Crippen LogP contribution >= 0.6 is 0 Å². The number of nitro groups is 1. The Bertz CT molecular complexity index is 651. The summed E-state index contributed by atoms with van der Waals surface area (Å²) >= 11 is 0. The topological polar surface area (TPSA) is 86.8 Å². The summed E-state index contributed by atoms with van der Waals surface area (Å²) in [5.74, 6) is 2.20. The summed E-state index contributed by atoms with van der Waals surface area (Å²) in [7, 11) is 2.91. The Labute approximate surface area is 121 Å². The first-order valence-electron chi connectivity index (χ1n) is 6.24. The highest BCUT2D eigenvalue weighted by atomic mass is 16.6. The first-order valence-corrected chi connectivity index (χ1v) is 6.24. The van der Waals surface area contributed by atoms with E-state index in [0.29, 0.717) is 29.5 Å². The minimum absolute atomic E-state index is 0.0871. The molecule has 0 radical (unpaired) electrons. The fourth-order valence-electron chi connectivity index (χ4n) is 1.92. The molecule has 7 nitrogen and oxygen atoms in total. The minimum Gasteiger partial charge on any atom is -0.493 e. The van der Waals surface area contributed by atoms with Gasteiger partial charge in [-0.25, -0.2) is 0 Å². The third-order valence-corrected chi connectivity index (χ3v) is 2.95. The van der Waals surface area contributed by atoms with Crippen LogP contribution in [-0.4, -0.2) is 19.1 Å². The summed E-state index contributed by atoms with van der Waals surface area (Å²) in [4.78, 5) is 10.7. The smallest absolute Gasteiger partial charge is 0.296 e. The second-order valence-corrected chi connectivity index (χ2v) is 4.35. The Morgan fingerprint density at radius 1 is 1.24 bits per heavy atom. The van der Waals surface area contributed by atoms with Gasteiger partial charge in [-0.15, -0.1) is 0 Å². The van der Waals surface area contributed by atoms with Crippen molar-refractivity contribution in [3.8, 4) is 11.5 Å². The standard InChI is InChI=1S/C14H16N2O5/c1-9-4-5-10(21-9)8-15-11-6-13(19-2)14(20-3)7-12(11)16(17)18/h4-7,15H,8H2,1-3H3. The van der Waals surface area contributed by atoms with Crippen molar-refractivity contribution < 1.29 is 18.8 Å². The molecule has 0 bridgehead atoms. The van der Waals surface area contributed by atoms with Crippen molar-refractivity contribution in [2.45, 2.75) is 13.5 Å². The molecule has 0 saturated heterocycles. The van der Waals surface area contributed by atoms with Gasteiger partial charge in [-0.2, -0.15) is 0 Å². The predicted molar refractivity (Wildman–Crippen MR) is 77.0 cm³/mol. The van der Waals surface area contributed by atoms with Gasteiger partial charge in [0.15, 0.2) is 11.5 Å². The molecular formula is C14H16N2O5. The van der Waals surface area contributed by atoms with Gasteiger partial charge in [0.25, 0.3) is 5.69 Å². The van der Waals surface area contributed by atoms with Gasteiger partial charge in [-0.05, 0) is 19.1 Å². The Kier molecular flexibility index (Phi) is 4.32. The molecule has 2 rings (SSSR count). The van der Waals surface area contributed by atoms with Crippen LogP contribution in [0.5, 0.6) is 11.5 Å². The summed E-state index contributed by atoms with van der Waals surface area (Å²) in [6.07, 6.45) is 0. The van der Waals surface area contributed by atoms with Crippen molar-refractivity contribution in [2.75, 3.05) is 19.5 Å². The van der Waals surface area contributed by atoms with E-state index in [9.17, 15) is 10.1 Å². The van der Waals surface area contributed by atoms with E-state index in [2.05, 4.69) is 5.32 Å². The quantitative estimate of drug-likeness (QED) is 0.650. The van der Waals surface area contributed by atoms with Crippen LogP contribution in [0.25, 0.3) is 0 Å². The number of aryl methyl sites for hydroxylation is 1. The van der Waals surface area contributed by atoms with Crippen molar-refractivity contribution in [1.82, 2.24) is 0 Å². The average Bonchev–Trinajstić information content (AvgIpc) is 2.89. The lowest BCUT2D eigenvalue weighted by Crippen LogP contribution is -2.03. The van der Waals surface area contributed by atoms with Crippen LogP contribution < -0.4 is 14.8 Å². The summed E-state index contributed by atoms with van der Waals surface area (Å²) in [5.41, 5.74) is 0.252. The molecule has 0 saturated carbocycles. The molecule has 7 heteroatoms. The molecule has 1 aromatic heterocycles. The maximum atomic E-state index is 11.2. The summed E-state index contributed by atoms with van der Waals surface area (Å²) in [6.45, 7) is 2.17. The molecule has 0 aliphatic carbocycles. The molecule has 0 unspecified atom stereocenters. The summed E-state index contributed by atoms with van der Waals surface area (Å²) in [6, 6.07) is 6.51. The second kappa shape index (κ2) is 6.17. The highest BCUT2D eigenvalue weighted by Crippen LogP contribution is 2.37. The molecule has 1 heterocycles. The van der Waals surface area contributed by atoms with Crippen LogP contribution in [0.2, 0.25) is 0 Å². The number of nitrogens with one attached hydrogen (secondary N) is 1. The third-order valence-electron chi connectivity index (χ3n) is 2.95. The molecule has 0 aliphatic rings. The molecule has 2 aromatic rings. The van der Waals surface area contributed by atoms with Crippen molar-refractivity contribution in [1.29, 1.82) is 0 Å². The number of hydrogen-bond donors (Lipinski definition) is 1. The van der Waals surface area contributed by atoms with Crippen LogP contribution in [-0.2, 0) is 6.54 Å². The fourth-order valence-corrected chi connectivity index (χ4v) is 1.92. The fraction of sp³-hybridized carbons (Fsp3) is 0.286. The zero-order valence-corrected chi connectivity index (χ0v) is 12.0. The molecule has 112 valence electrons. The van der Waals surface area contributed by atoms with E-state index in [-0.39, 0.29) is 5.69 Å². The number of nitro benzene ring substituents is 1. The molecule has 21 heavy (non-hydrogen) atoms.